The van der Waals surface area contributed by atoms with Crippen molar-refractivity contribution in [2.75, 3.05) is 32.7 Å². The number of nitrogens with zero attached hydrogens (tertiary/aromatic N) is 2. The van der Waals surface area contributed by atoms with E-state index < -0.39 is 16.4 Å². The zero-order valence-corrected chi connectivity index (χ0v) is 30.9. The van der Waals surface area contributed by atoms with Gasteiger partial charge in [0.2, 0.25) is 0 Å². The van der Waals surface area contributed by atoms with E-state index in [1.165, 1.54) is 17.7 Å². The number of benzene rings is 1. The Bertz CT molecular complexity index is 1720. The van der Waals surface area contributed by atoms with Crippen LogP contribution in [0.2, 0.25) is 0 Å². The van der Waals surface area contributed by atoms with Crippen molar-refractivity contribution in [3.05, 3.63) is 69.8 Å². The van der Waals surface area contributed by atoms with E-state index in [1.54, 1.807) is 0 Å². The fourth-order valence-electron chi connectivity index (χ4n) is 13.0. The summed E-state index contributed by atoms with van der Waals surface area (Å²) in [5.41, 5.74) is 8.09. The molecular weight excluding hydrogens is 638 g/mol. The predicted octanol–water partition coefficient (Wildman–Crippen LogP) is 7.15. The number of ether oxygens (including phenoxy) is 2. The number of aliphatic hydroxyl groups is 1. The second kappa shape index (κ2) is 12.2. The second-order valence-corrected chi connectivity index (χ2v) is 17.6. The number of aryl methyl sites for hydroxylation is 1. The molecule has 2 spiro atoms. The minimum Gasteiger partial charge on any atom is -0.509 e. The summed E-state index contributed by atoms with van der Waals surface area (Å²) >= 11 is 0. The van der Waals surface area contributed by atoms with E-state index in [9.17, 15) is 14.7 Å². The maximum atomic E-state index is 15.0. The number of nitrogens with two attached hydrogens (primary N) is 1. The molecule has 4 fully saturated rings. The lowest BCUT2D eigenvalue weighted by molar-refractivity contribution is -0.272. The second-order valence-electron chi connectivity index (χ2n) is 17.6. The van der Waals surface area contributed by atoms with Crippen LogP contribution in [0.3, 0.4) is 0 Å². The van der Waals surface area contributed by atoms with Gasteiger partial charge in [0.1, 0.15) is 11.2 Å². The van der Waals surface area contributed by atoms with Crippen LogP contribution in [0.25, 0.3) is 0 Å². The molecule has 1 aromatic carbocycles. The highest BCUT2D eigenvalue weighted by Crippen LogP contribution is 2.85. The Kier molecular flexibility index (Phi) is 8.08. The van der Waals surface area contributed by atoms with E-state index in [4.69, 9.17) is 15.2 Å². The van der Waals surface area contributed by atoms with Crippen molar-refractivity contribution < 1.29 is 24.2 Å². The maximum absolute atomic E-state index is 15.0. The highest BCUT2D eigenvalue weighted by molar-refractivity contribution is 5.99. The van der Waals surface area contributed by atoms with Crippen LogP contribution >= 0.6 is 0 Å². The quantitative estimate of drug-likeness (QED) is 0.229. The Balaban J connectivity index is 1.29. The summed E-state index contributed by atoms with van der Waals surface area (Å²) in [6.45, 7) is 11.5. The molecule has 8 aliphatic heterocycles. The molecule has 3 saturated heterocycles. The van der Waals surface area contributed by atoms with Crippen LogP contribution < -0.4 is 5.73 Å². The van der Waals surface area contributed by atoms with Gasteiger partial charge in [-0.1, -0.05) is 69.5 Å². The summed E-state index contributed by atoms with van der Waals surface area (Å²) in [5, 5.41) is 12.5. The van der Waals surface area contributed by atoms with Crippen LogP contribution in [-0.4, -0.2) is 65.6 Å². The molecule has 1 saturated carbocycles. The number of piperidine rings is 2. The lowest BCUT2D eigenvalue weighted by atomic mass is 9.31. The van der Waals surface area contributed by atoms with E-state index in [0.717, 1.165) is 82.3 Å². The fraction of sp³-hybridized carbons (Fsp3) is 0.674. The SMILES string of the molecule is CCCC1CC(O)=C2OC(=O)C34C=C(CCC23C2(OC(=O)c3c(CCCN)cccc32)C4CCC)C2CC(C)CC=C2N2CC3CC(C2)CN1C3. The van der Waals surface area contributed by atoms with Gasteiger partial charge in [-0.25, -0.2) is 4.79 Å². The average molecular weight is 696 g/mol. The molecule has 0 amide bonds. The Hall–Kier alpha value is -3.10. The van der Waals surface area contributed by atoms with Crippen LogP contribution in [0.15, 0.2) is 53.1 Å². The zero-order valence-electron chi connectivity index (χ0n) is 30.9. The number of fused-ring (bicyclic) bond motifs is 2. The summed E-state index contributed by atoms with van der Waals surface area (Å²) < 4.78 is 13.4. The lowest BCUT2D eigenvalue weighted by Gasteiger charge is -2.69. The average Bonchev–Trinajstić information content (AvgIpc) is 3.57. The summed E-state index contributed by atoms with van der Waals surface area (Å²) in [6, 6.07) is 6.28. The molecule has 1 aromatic rings. The molecule has 3 aliphatic carbocycles. The van der Waals surface area contributed by atoms with Gasteiger partial charge >= 0.3 is 11.9 Å². The van der Waals surface area contributed by atoms with E-state index in [2.05, 4.69) is 48.8 Å². The molecule has 11 aliphatic rings. The third kappa shape index (κ3) is 4.44. The van der Waals surface area contributed by atoms with Crippen molar-refractivity contribution in [1.82, 2.24) is 9.80 Å². The molecule has 8 heterocycles. The number of allylic oxidation sites excluding steroid dienone is 2. The summed E-state index contributed by atoms with van der Waals surface area (Å²) in [4.78, 5) is 34.6. The number of hydrogen-bond donors (Lipinski definition) is 2. The first-order valence-electron chi connectivity index (χ1n) is 20.3. The number of carbonyl (C=O) groups is 2. The molecular formula is C43H57N3O5. The highest BCUT2D eigenvalue weighted by atomic mass is 16.6. The van der Waals surface area contributed by atoms with Crippen LogP contribution in [0, 0.1) is 40.4 Å². The molecule has 274 valence electrons. The van der Waals surface area contributed by atoms with Gasteiger partial charge in [-0.2, -0.15) is 0 Å². The molecule has 9 unspecified atom stereocenters. The smallest absolute Gasteiger partial charge is 0.339 e. The fourth-order valence-corrected chi connectivity index (χ4v) is 13.0. The number of rotatable bonds is 7. The Morgan fingerprint density at radius 1 is 1.04 bits per heavy atom. The normalized spacial score (nSPS) is 40.5. The Morgan fingerprint density at radius 3 is 2.57 bits per heavy atom. The van der Waals surface area contributed by atoms with Gasteiger partial charge in [-0.05, 0) is 87.6 Å². The van der Waals surface area contributed by atoms with Gasteiger partial charge in [0.15, 0.2) is 11.4 Å². The van der Waals surface area contributed by atoms with Crippen molar-refractivity contribution in [2.45, 2.75) is 109 Å². The Morgan fingerprint density at radius 2 is 1.82 bits per heavy atom. The minimum atomic E-state index is -1.10. The van der Waals surface area contributed by atoms with Crippen molar-refractivity contribution in [1.29, 1.82) is 0 Å². The van der Waals surface area contributed by atoms with Crippen LogP contribution in [-0.2, 0) is 26.3 Å². The third-order valence-corrected chi connectivity index (χ3v) is 14.7. The van der Waals surface area contributed by atoms with Gasteiger partial charge in [-0.15, -0.1) is 0 Å². The number of aliphatic hydroxyl groups excluding tert-OH is 1. The van der Waals surface area contributed by atoms with Gasteiger partial charge in [0, 0.05) is 61.7 Å². The molecule has 51 heavy (non-hydrogen) atoms. The first-order valence-corrected chi connectivity index (χ1v) is 20.3. The first kappa shape index (κ1) is 33.7. The molecule has 9 atom stereocenters. The van der Waals surface area contributed by atoms with E-state index in [1.807, 2.05) is 12.1 Å². The van der Waals surface area contributed by atoms with Crippen molar-refractivity contribution in [2.24, 2.45) is 46.2 Å². The summed E-state index contributed by atoms with van der Waals surface area (Å²) in [7, 11) is 0. The first-order chi connectivity index (χ1) is 24.7. The Labute approximate surface area is 303 Å². The minimum absolute atomic E-state index is 0.149. The molecule has 12 rings (SSSR count). The van der Waals surface area contributed by atoms with Crippen LogP contribution in [0.5, 0.6) is 0 Å². The van der Waals surface area contributed by atoms with E-state index in [0.29, 0.717) is 61.3 Å². The molecule has 3 N–H and O–H groups in total. The maximum Gasteiger partial charge on any atom is 0.339 e. The predicted molar refractivity (Wildman–Crippen MR) is 195 cm³/mol. The van der Waals surface area contributed by atoms with Crippen molar-refractivity contribution >= 4 is 11.9 Å². The van der Waals surface area contributed by atoms with Crippen LogP contribution in [0.4, 0.5) is 0 Å². The van der Waals surface area contributed by atoms with Crippen molar-refractivity contribution in [3.8, 4) is 0 Å². The summed E-state index contributed by atoms with van der Waals surface area (Å²) in [6.07, 6.45) is 15.1. The van der Waals surface area contributed by atoms with Gasteiger partial charge in [-0.3, -0.25) is 9.69 Å². The van der Waals surface area contributed by atoms with E-state index >= 15 is 0 Å². The molecule has 0 aromatic heterocycles. The summed E-state index contributed by atoms with van der Waals surface area (Å²) in [5.74, 6) is 1.69. The number of esters is 2. The van der Waals surface area contributed by atoms with Crippen molar-refractivity contribution in [3.63, 3.8) is 0 Å². The highest BCUT2D eigenvalue weighted by Gasteiger charge is 2.91. The number of carbonyl (C=O) groups excluding carboxylic acids is 2. The third-order valence-electron chi connectivity index (χ3n) is 14.7. The standard InChI is InChI=1S/C43H57N3O5/c1-4-8-31-20-35(47)38-42-16-15-30(32-18-26(3)13-14-34(32)46-24-27-19-28(25-46)23-45(31)22-27)21-41(42,40(49)50-38)36(9-5-2)43(42)33-12-6-10-29(11-7-17-44)37(33)39(48)51-43/h6,10,12,14,21,26-28,31-32,36,47H,4-5,7-9,11,13,15-20,22-25,44H2,1-3H3. The topological polar surface area (TPSA) is 105 Å². The lowest BCUT2D eigenvalue weighted by Crippen LogP contribution is -2.75. The number of hydrogen-bond acceptors (Lipinski definition) is 8. The van der Waals surface area contributed by atoms with Gasteiger partial charge in [0.25, 0.3) is 0 Å². The molecule has 0 radical (unpaired) electrons. The van der Waals surface area contributed by atoms with E-state index in [-0.39, 0.29) is 35.6 Å². The van der Waals surface area contributed by atoms with Gasteiger partial charge < -0.3 is 25.2 Å². The monoisotopic (exact) mass is 695 g/mol. The van der Waals surface area contributed by atoms with Crippen LogP contribution in [0.1, 0.15) is 113 Å². The molecule has 8 nitrogen and oxygen atoms in total. The largest absolute Gasteiger partial charge is 0.509 e. The zero-order chi connectivity index (χ0) is 35.3. The van der Waals surface area contributed by atoms with Gasteiger partial charge in [0.05, 0.1) is 11.0 Å². The molecule has 8 heteroatoms. The molecule has 8 bridgehead atoms.